The van der Waals surface area contributed by atoms with E-state index in [1.807, 2.05) is 13.8 Å². The summed E-state index contributed by atoms with van der Waals surface area (Å²) in [5.41, 5.74) is 0.335. The van der Waals surface area contributed by atoms with E-state index in [0.29, 0.717) is 17.1 Å². The lowest BCUT2D eigenvalue weighted by Gasteiger charge is -2.24. The Morgan fingerprint density at radius 1 is 1.26 bits per heavy atom. The van der Waals surface area contributed by atoms with Crippen LogP contribution in [0.1, 0.15) is 24.2 Å². The number of nitrogens with zero attached hydrogens (tertiary/aromatic N) is 2. The maximum Gasteiger partial charge on any atom is 0.270 e. The third kappa shape index (κ3) is 3.59. The highest BCUT2D eigenvalue weighted by molar-refractivity contribution is 6.05. The number of nitro benzene ring substituents is 1. The van der Waals surface area contributed by atoms with E-state index in [1.54, 1.807) is 25.2 Å². The molecule has 0 bridgehead atoms. The van der Waals surface area contributed by atoms with Crippen LogP contribution in [0.3, 0.4) is 0 Å². The molecule has 2 amide bonds. The number of anilines is 2. The quantitative estimate of drug-likeness (QED) is 0.661. The van der Waals surface area contributed by atoms with Gasteiger partial charge in [-0.15, -0.1) is 0 Å². The van der Waals surface area contributed by atoms with Crippen molar-refractivity contribution in [2.24, 2.45) is 5.41 Å². The van der Waals surface area contributed by atoms with Gasteiger partial charge in [-0.2, -0.15) is 0 Å². The average molecular weight is 369 g/mol. The minimum absolute atomic E-state index is 0.0941. The van der Waals surface area contributed by atoms with Gasteiger partial charge in [0.05, 0.1) is 16.0 Å². The van der Waals surface area contributed by atoms with Crippen LogP contribution in [0.2, 0.25) is 0 Å². The molecule has 2 aromatic carbocycles. The van der Waals surface area contributed by atoms with Gasteiger partial charge in [0.25, 0.3) is 11.6 Å². The highest BCUT2D eigenvalue weighted by atomic mass is 16.6. The molecular formula is C19H19N3O5. The van der Waals surface area contributed by atoms with E-state index in [-0.39, 0.29) is 23.8 Å². The number of ether oxygens (including phenoxy) is 1. The molecule has 1 heterocycles. The van der Waals surface area contributed by atoms with Gasteiger partial charge in [-0.1, -0.05) is 6.07 Å². The fourth-order valence-electron chi connectivity index (χ4n) is 2.83. The average Bonchev–Trinajstić information content (AvgIpc) is 2.72. The van der Waals surface area contributed by atoms with Gasteiger partial charge in [0.1, 0.15) is 12.4 Å². The molecule has 3 rings (SSSR count). The van der Waals surface area contributed by atoms with Crippen molar-refractivity contribution in [3.63, 3.8) is 0 Å². The number of non-ortho nitro benzene ring substituents is 1. The minimum atomic E-state index is -0.667. The molecule has 2 aromatic rings. The summed E-state index contributed by atoms with van der Waals surface area (Å²) < 4.78 is 5.74. The van der Waals surface area contributed by atoms with Crippen molar-refractivity contribution in [2.75, 3.05) is 23.9 Å². The number of hydrogen-bond donors (Lipinski definition) is 1. The molecular weight excluding hydrogens is 350 g/mol. The second-order valence-electron chi connectivity index (χ2n) is 6.98. The normalized spacial score (nSPS) is 15.4. The minimum Gasteiger partial charge on any atom is -0.490 e. The second kappa shape index (κ2) is 6.71. The van der Waals surface area contributed by atoms with Gasteiger partial charge in [0.2, 0.25) is 5.91 Å². The molecule has 0 aliphatic carbocycles. The lowest BCUT2D eigenvalue weighted by molar-refractivity contribution is -0.384. The molecule has 1 N–H and O–H groups in total. The highest BCUT2D eigenvalue weighted by Gasteiger charge is 2.36. The number of hydrogen-bond acceptors (Lipinski definition) is 5. The van der Waals surface area contributed by atoms with Gasteiger partial charge in [0.15, 0.2) is 0 Å². The summed E-state index contributed by atoms with van der Waals surface area (Å²) >= 11 is 0. The topological polar surface area (TPSA) is 102 Å². The Bertz CT molecular complexity index is 939. The van der Waals surface area contributed by atoms with Crippen LogP contribution in [0.25, 0.3) is 0 Å². The van der Waals surface area contributed by atoms with Gasteiger partial charge in [-0.05, 0) is 38.1 Å². The molecule has 0 saturated carbocycles. The molecule has 0 saturated heterocycles. The summed E-state index contributed by atoms with van der Waals surface area (Å²) in [5, 5.41) is 13.6. The Morgan fingerprint density at radius 3 is 2.70 bits per heavy atom. The summed E-state index contributed by atoms with van der Waals surface area (Å²) in [6.07, 6.45) is 0. The first-order chi connectivity index (χ1) is 12.7. The maximum absolute atomic E-state index is 12.6. The number of carbonyl (C=O) groups excluding carboxylic acids is 2. The van der Waals surface area contributed by atoms with Crippen molar-refractivity contribution in [3.8, 4) is 5.75 Å². The van der Waals surface area contributed by atoms with E-state index >= 15 is 0 Å². The van der Waals surface area contributed by atoms with Crippen LogP contribution < -0.4 is 15.0 Å². The molecule has 27 heavy (non-hydrogen) atoms. The third-order valence-electron chi connectivity index (χ3n) is 4.37. The Labute approximate surface area is 155 Å². The summed E-state index contributed by atoms with van der Waals surface area (Å²) in [5.74, 6) is -0.0318. The first-order valence-corrected chi connectivity index (χ1v) is 8.30. The second-order valence-corrected chi connectivity index (χ2v) is 6.98. The van der Waals surface area contributed by atoms with Crippen molar-refractivity contribution < 1.29 is 19.2 Å². The Hall–Kier alpha value is -3.42. The van der Waals surface area contributed by atoms with E-state index in [2.05, 4.69) is 5.32 Å². The molecule has 0 atom stereocenters. The van der Waals surface area contributed by atoms with Gasteiger partial charge < -0.3 is 15.0 Å². The molecule has 0 spiro atoms. The molecule has 0 aromatic heterocycles. The smallest absolute Gasteiger partial charge is 0.270 e. The molecule has 140 valence electrons. The van der Waals surface area contributed by atoms with Crippen molar-refractivity contribution in [3.05, 3.63) is 58.1 Å². The predicted molar refractivity (Wildman–Crippen MR) is 100 cm³/mol. The number of carbonyl (C=O) groups is 2. The lowest BCUT2D eigenvalue weighted by Crippen LogP contribution is -2.39. The summed E-state index contributed by atoms with van der Waals surface area (Å²) in [6, 6.07) is 10.5. The van der Waals surface area contributed by atoms with Gasteiger partial charge in [0, 0.05) is 30.4 Å². The van der Waals surface area contributed by atoms with E-state index in [1.165, 1.54) is 29.2 Å². The number of nitro groups is 1. The first kappa shape index (κ1) is 18.4. The maximum atomic E-state index is 12.6. The number of fused-ring (bicyclic) bond motifs is 1. The van der Waals surface area contributed by atoms with Crippen molar-refractivity contribution in [1.82, 2.24) is 0 Å². The SMILES string of the molecule is CN1C(=O)C(C)(C)COc2ccc(NC(=O)c3cccc([N+](=O)[O-])c3)cc21. The molecule has 0 fully saturated rings. The van der Waals surface area contributed by atoms with Crippen LogP contribution in [0.5, 0.6) is 5.75 Å². The number of rotatable bonds is 3. The largest absolute Gasteiger partial charge is 0.490 e. The van der Waals surface area contributed by atoms with E-state index < -0.39 is 16.2 Å². The van der Waals surface area contributed by atoms with E-state index in [0.717, 1.165) is 0 Å². The monoisotopic (exact) mass is 369 g/mol. The van der Waals surface area contributed by atoms with Crippen LogP contribution in [-0.4, -0.2) is 30.4 Å². The zero-order valence-electron chi connectivity index (χ0n) is 15.2. The molecule has 0 radical (unpaired) electrons. The number of benzene rings is 2. The van der Waals surface area contributed by atoms with Crippen LogP contribution in [-0.2, 0) is 4.79 Å². The molecule has 0 unspecified atom stereocenters. The zero-order chi connectivity index (χ0) is 19.8. The third-order valence-corrected chi connectivity index (χ3v) is 4.37. The van der Waals surface area contributed by atoms with Gasteiger partial charge in [-0.3, -0.25) is 19.7 Å². The summed E-state index contributed by atoms with van der Waals surface area (Å²) in [4.78, 5) is 36.8. The van der Waals surface area contributed by atoms with E-state index in [9.17, 15) is 19.7 Å². The van der Waals surface area contributed by atoms with Crippen molar-refractivity contribution in [1.29, 1.82) is 0 Å². The standard InChI is InChI=1S/C19H19N3O5/c1-19(2)11-27-16-8-7-13(10-15(16)21(3)18(19)24)20-17(23)12-5-4-6-14(9-12)22(25)26/h4-10H,11H2,1-3H3,(H,20,23). The van der Waals surface area contributed by atoms with Crippen LogP contribution >= 0.6 is 0 Å². The number of nitrogens with one attached hydrogen (secondary N) is 1. The molecule has 8 nitrogen and oxygen atoms in total. The molecule has 1 aliphatic rings. The number of amides is 2. The van der Waals surface area contributed by atoms with Crippen molar-refractivity contribution in [2.45, 2.75) is 13.8 Å². The first-order valence-electron chi connectivity index (χ1n) is 8.30. The highest BCUT2D eigenvalue weighted by Crippen LogP contribution is 2.37. The molecule has 1 aliphatic heterocycles. The van der Waals surface area contributed by atoms with Gasteiger partial charge in [-0.25, -0.2) is 0 Å². The van der Waals surface area contributed by atoms with Crippen molar-refractivity contribution >= 4 is 28.9 Å². The van der Waals surface area contributed by atoms with Gasteiger partial charge >= 0.3 is 0 Å². The summed E-state index contributed by atoms with van der Waals surface area (Å²) in [6.45, 7) is 3.87. The summed E-state index contributed by atoms with van der Waals surface area (Å²) in [7, 11) is 1.66. The lowest BCUT2D eigenvalue weighted by atomic mass is 9.93. The Kier molecular flexibility index (Phi) is 4.57. The predicted octanol–water partition coefficient (Wildman–Crippen LogP) is 3.23. The Morgan fingerprint density at radius 2 is 2.00 bits per heavy atom. The molecule has 8 heteroatoms. The van der Waals surface area contributed by atoms with Crippen LogP contribution in [0.15, 0.2) is 42.5 Å². The fraction of sp³-hybridized carbons (Fsp3) is 0.263. The van der Waals surface area contributed by atoms with E-state index in [4.69, 9.17) is 4.74 Å². The zero-order valence-corrected chi connectivity index (χ0v) is 15.2. The Balaban J connectivity index is 1.87. The fourth-order valence-corrected chi connectivity index (χ4v) is 2.83. The van der Waals surface area contributed by atoms with Crippen LogP contribution in [0.4, 0.5) is 17.1 Å². The van der Waals surface area contributed by atoms with Crippen LogP contribution in [0, 0.1) is 15.5 Å².